The third-order valence-corrected chi connectivity index (χ3v) is 7.61. The highest BCUT2D eigenvalue weighted by atomic mass is 16.2. The van der Waals surface area contributed by atoms with Crippen LogP contribution in [0.4, 0.5) is 10.6 Å². The molecular formula is C24H35N7O2. The third kappa shape index (κ3) is 3.88. The fourth-order valence-corrected chi connectivity index (χ4v) is 5.63. The van der Waals surface area contributed by atoms with E-state index in [1.54, 1.807) is 24.4 Å². The molecule has 1 unspecified atom stereocenters. The summed E-state index contributed by atoms with van der Waals surface area (Å²) in [6, 6.07) is 5.30. The standard InChI is InChI=1S/C23H31N7O2.CH4/c1-15-12-28(3)23(9-5-6-10-23)14-30(15)22(32)29-13-17-19(16(29)2)26-27-20(17)25-21(31)18-8-4-7-11-24-18;/h4,7-8,11,15-16H,5-6,9-10,12-14H2,1-3H3,(H2,25,26,27,31);1H4/t15-,16?;/m0./s1. The molecule has 9 heteroatoms. The fourth-order valence-electron chi connectivity index (χ4n) is 5.63. The number of H-pyrrole nitrogens is 1. The van der Waals surface area contributed by atoms with Gasteiger partial charge in [-0.3, -0.25) is 19.8 Å². The van der Waals surface area contributed by atoms with Gasteiger partial charge in [-0.1, -0.05) is 26.3 Å². The van der Waals surface area contributed by atoms with E-state index >= 15 is 0 Å². The van der Waals surface area contributed by atoms with Crippen LogP contribution in [0.5, 0.6) is 0 Å². The molecule has 9 nitrogen and oxygen atoms in total. The Labute approximate surface area is 195 Å². The highest BCUT2D eigenvalue weighted by molar-refractivity contribution is 6.02. The van der Waals surface area contributed by atoms with Gasteiger partial charge in [0.25, 0.3) is 5.91 Å². The number of anilines is 1. The van der Waals surface area contributed by atoms with Crippen LogP contribution in [-0.2, 0) is 6.54 Å². The molecular weight excluding hydrogens is 418 g/mol. The minimum absolute atomic E-state index is 0. The zero-order chi connectivity index (χ0) is 22.5. The Hall–Kier alpha value is -2.94. The molecule has 5 rings (SSSR count). The first kappa shape index (κ1) is 23.2. The lowest BCUT2D eigenvalue weighted by atomic mass is 9.90. The number of likely N-dealkylation sites (N-methyl/N-ethyl adjacent to an activating group) is 1. The predicted molar refractivity (Wildman–Crippen MR) is 127 cm³/mol. The summed E-state index contributed by atoms with van der Waals surface area (Å²) in [5.74, 6) is 0.157. The van der Waals surface area contributed by atoms with Crippen LogP contribution in [0.1, 0.15) is 74.7 Å². The molecule has 1 saturated carbocycles. The first-order valence-electron chi connectivity index (χ1n) is 11.5. The minimum Gasteiger partial charge on any atom is -0.319 e. The van der Waals surface area contributed by atoms with Crippen molar-refractivity contribution < 1.29 is 9.59 Å². The molecule has 1 spiro atoms. The van der Waals surface area contributed by atoms with E-state index < -0.39 is 0 Å². The summed E-state index contributed by atoms with van der Waals surface area (Å²) in [6.07, 6.45) is 6.36. The first-order chi connectivity index (χ1) is 15.4. The molecule has 1 aliphatic carbocycles. The van der Waals surface area contributed by atoms with Gasteiger partial charge in [0.2, 0.25) is 0 Å². The van der Waals surface area contributed by atoms with Gasteiger partial charge in [-0.05, 0) is 45.9 Å². The van der Waals surface area contributed by atoms with Crippen molar-refractivity contribution in [1.29, 1.82) is 0 Å². The maximum Gasteiger partial charge on any atom is 0.321 e. The van der Waals surface area contributed by atoms with Crippen molar-refractivity contribution in [1.82, 2.24) is 29.9 Å². The van der Waals surface area contributed by atoms with Crippen LogP contribution in [0.3, 0.4) is 0 Å². The van der Waals surface area contributed by atoms with Crippen LogP contribution in [-0.4, -0.2) is 73.5 Å². The van der Waals surface area contributed by atoms with Gasteiger partial charge in [0.15, 0.2) is 5.82 Å². The zero-order valence-corrected chi connectivity index (χ0v) is 19.0. The highest BCUT2D eigenvalue weighted by Crippen LogP contribution is 2.41. The summed E-state index contributed by atoms with van der Waals surface area (Å²) < 4.78 is 0. The molecule has 3 aliphatic rings. The summed E-state index contributed by atoms with van der Waals surface area (Å²) >= 11 is 0. The second kappa shape index (κ2) is 8.78. The zero-order valence-electron chi connectivity index (χ0n) is 19.0. The van der Waals surface area contributed by atoms with Crippen LogP contribution >= 0.6 is 0 Å². The average molecular weight is 454 g/mol. The summed E-state index contributed by atoms with van der Waals surface area (Å²) in [5.41, 5.74) is 2.19. The number of nitrogens with zero attached hydrogens (tertiary/aromatic N) is 5. The number of carbonyl (C=O) groups is 2. The molecule has 4 heterocycles. The predicted octanol–water partition coefficient (Wildman–Crippen LogP) is 3.64. The quantitative estimate of drug-likeness (QED) is 0.724. The molecule has 2 fully saturated rings. The lowest BCUT2D eigenvalue weighted by Gasteiger charge is -2.51. The van der Waals surface area contributed by atoms with E-state index in [0.29, 0.717) is 18.1 Å². The van der Waals surface area contributed by atoms with Gasteiger partial charge < -0.3 is 15.1 Å². The fraction of sp³-hybridized carbons (Fsp3) is 0.583. The Balaban J connectivity index is 0.00000259. The maximum atomic E-state index is 13.7. The molecule has 0 radical (unpaired) electrons. The number of urea groups is 1. The number of fused-ring (bicyclic) bond motifs is 1. The van der Waals surface area contributed by atoms with Crippen molar-refractivity contribution in [3.05, 3.63) is 41.3 Å². The molecule has 0 bridgehead atoms. The molecule has 3 amide bonds. The molecule has 0 aromatic carbocycles. The summed E-state index contributed by atoms with van der Waals surface area (Å²) in [6.45, 7) is 6.25. The van der Waals surface area contributed by atoms with Crippen molar-refractivity contribution in [2.75, 3.05) is 25.5 Å². The minimum atomic E-state index is -0.312. The smallest absolute Gasteiger partial charge is 0.319 e. The number of rotatable bonds is 2. The number of aromatic amines is 1. The lowest BCUT2D eigenvalue weighted by molar-refractivity contribution is -0.00236. The van der Waals surface area contributed by atoms with Crippen LogP contribution < -0.4 is 5.32 Å². The van der Waals surface area contributed by atoms with E-state index in [2.05, 4.69) is 44.3 Å². The highest BCUT2D eigenvalue weighted by Gasteiger charge is 2.47. The molecule has 2 atom stereocenters. The summed E-state index contributed by atoms with van der Waals surface area (Å²) in [4.78, 5) is 36.8. The van der Waals surface area contributed by atoms with Crippen LogP contribution in [0.25, 0.3) is 0 Å². The van der Waals surface area contributed by atoms with E-state index in [0.717, 1.165) is 37.2 Å². The van der Waals surface area contributed by atoms with Gasteiger partial charge in [0, 0.05) is 36.4 Å². The molecule has 178 valence electrons. The van der Waals surface area contributed by atoms with E-state index in [1.807, 2.05) is 11.8 Å². The van der Waals surface area contributed by atoms with E-state index in [9.17, 15) is 9.59 Å². The van der Waals surface area contributed by atoms with Crippen molar-refractivity contribution in [3.63, 3.8) is 0 Å². The molecule has 1 saturated heterocycles. The van der Waals surface area contributed by atoms with Gasteiger partial charge in [0.1, 0.15) is 5.69 Å². The molecule has 33 heavy (non-hydrogen) atoms. The average Bonchev–Trinajstić information content (AvgIpc) is 3.50. The Morgan fingerprint density at radius 2 is 1.94 bits per heavy atom. The Morgan fingerprint density at radius 3 is 2.64 bits per heavy atom. The van der Waals surface area contributed by atoms with Crippen molar-refractivity contribution in [2.45, 2.75) is 71.1 Å². The number of hydrogen-bond acceptors (Lipinski definition) is 5. The Kier molecular flexibility index (Phi) is 6.18. The first-order valence-corrected chi connectivity index (χ1v) is 11.5. The number of carbonyl (C=O) groups excluding carboxylic acids is 2. The SMILES string of the molecule is C.CC1c2[nH]nc(NC(=O)c3ccccn3)c2CN1C(=O)N1CC2(CCCC2)N(C)C[C@@H]1C. The maximum absolute atomic E-state index is 13.7. The van der Waals surface area contributed by atoms with Crippen molar-refractivity contribution in [2.24, 2.45) is 0 Å². The normalized spacial score (nSPS) is 24.0. The van der Waals surface area contributed by atoms with E-state index in [4.69, 9.17) is 0 Å². The number of aromatic nitrogens is 3. The van der Waals surface area contributed by atoms with Crippen LogP contribution in [0.15, 0.2) is 24.4 Å². The number of nitrogens with one attached hydrogen (secondary N) is 2. The van der Waals surface area contributed by atoms with E-state index in [1.165, 1.54) is 12.8 Å². The van der Waals surface area contributed by atoms with Crippen LogP contribution in [0, 0.1) is 0 Å². The van der Waals surface area contributed by atoms with E-state index in [-0.39, 0.29) is 37.0 Å². The summed E-state index contributed by atoms with van der Waals surface area (Å²) in [7, 11) is 2.20. The topological polar surface area (TPSA) is 97.5 Å². The van der Waals surface area contributed by atoms with Crippen molar-refractivity contribution in [3.8, 4) is 0 Å². The molecule has 2 N–H and O–H groups in total. The number of pyridine rings is 1. The van der Waals surface area contributed by atoms with Gasteiger partial charge in [0.05, 0.1) is 18.3 Å². The largest absolute Gasteiger partial charge is 0.321 e. The van der Waals surface area contributed by atoms with Gasteiger partial charge >= 0.3 is 6.03 Å². The van der Waals surface area contributed by atoms with Gasteiger partial charge in [-0.25, -0.2) is 4.79 Å². The monoisotopic (exact) mass is 453 g/mol. The number of hydrogen-bond donors (Lipinski definition) is 2. The molecule has 2 aromatic rings. The second-order valence-electron chi connectivity index (χ2n) is 9.51. The molecule has 2 aromatic heterocycles. The lowest BCUT2D eigenvalue weighted by Crippen LogP contribution is -2.65. The summed E-state index contributed by atoms with van der Waals surface area (Å²) in [5, 5.41) is 10.2. The van der Waals surface area contributed by atoms with Gasteiger partial charge in [-0.2, -0.15) is 5.10 Å². The molecule has 2 aliphatic heterocycles. The second-order valence-corrected chi connectivity index (χ2v) is 9.51. The number of piperazine rings is 1. The van der Waals surface area contributed by atoms with Crippen LogP contribution in [0.2, 0.25) is 0 Å². The Morgan fingerprint density at radius 1 is 1.18 bits per heavy atom. The van der Waals surface area contributed by atoms with Crippen molar-refractivity contribution >= 4 is 17.8 Å². The third-order valence-electron chi connectivity index (χ3n) is 7.61. The van der Waals surface area contributed by atoms with Gasteiger partial charge in [-0.15, -0.1) is 0 Å². The number of amides is 3. The Bertz CT molecular complexity index is 1020.